The molecule has 0 aliphatic carbocycles. The van der Waals surface area contributed by atoms with E-state index in [1.165, 1.54) is 33.7 Å². The van der Waals surface area contributed by atoms with Crippen molar-refractivity contribution in [3.05, 3.63) is 83.8 Å². The number of hydrogen-bond donors (Lipinski definition) is 0. The molecule has 0 N–H and O–H groups in total. The molecule has 2 fully saturated rings. The van der Waals surface area contributed by atoms with Gasteiger partial charge in [0, 0.05) is 43.2 Å². The van der Waals surface area contributed by atoms with Gasteiger partial charge in [-0.1, -0.05) is 30.0 Å². The summed E-state index contributed by atoms with van der Waals surface area (Å²) in [5, 5.41) is 0. The van der Waals surface area contributed by atoms with Crippen molar-refractivity contribution < 1.29 is 18.4 Å². The first kappa shape index (κ1) is 22.4. The number of carbonyl (C=O) groups is 2. The molecule has 3 aliphatic rings. The van der Waals surface area contributed by atoms with Gasteiger partial charge in [0.25, 0.3) is 5.91 Å². The fourth-order valence-corrected chi connectivity index (χ4v) is 8.07. The number of carbonyl (C=O) groups excluding carboxylic acids is 2. The summed E-state index contributed by atoms with van der Waals surface area (Å²) in [6, 6.07) is 11.6. The molecule has 2 spiro atoms. The average molecular weight is 509 g/mol. The Hall–Kier alpha value is -3.08. The molecule has 3 aromatic rings. The number of hydrogen-bond acceptors (Lipinski definition) is 7. The molecule has 10 heteroatoms. The number of anilines is 1. The Morgan fingerprint density at radius 1 is 1.20 bits per heavy atom. The molecule has 1 aromatic carbocycles. The number of pyridine rings is 1. The van der Waals surface area contributed by atoms with Gasteiger partial charge in [0.2, 0.25) is 5.91 Å². The standard InChI is InChI=1S/C25H21FN4O3S2/c1-28-14-19(15-5-3-9-27-12-15)25(22(32)30(23(34)35-25)13-17-6-4-10-33-17)24(28)18-11-16(26)7-8-20(18)29(2)21(24)31/h3-12,19H,13-14H2,1-2H3/t19-,24+,25+/m1/s1. The number of rotatable bonds is 3. The fraction of sp³-hybridized carbons (Fsp3) is 0.280. The minimum atomic E-state index is -1.45. The van der Waals surface area contributed by atoms with Gasteiger partial charge in [0.1, 0.15) is 20.6 Å². The van der Waals surface area contributed by atoms with E-state index in [9.17, 15) is 14.0 Å². The second-order valence-corrected chi connectivity index (χ2v) is 10.9. The Balaban J connectivity index is 1.62. The smallest absolute Gasteiger partial charge is 0.254 e. The largest absolute Gasteiger partial charge is 0.467 e. The number of nitrogens with zero attached hydrogens (tertiary/aromatic N) is 4. The second kappa shape index (κ2) is 7.71. The highest BCUT2D eigenvalue weighted by atomic mass is 32.2. The van der Waals surface area contributed by atoms with Gasteiger partial charge in [-0.2, -0.15) is 0 Å². The van der Waals surface area contributed by atoms with Gasteiger partial charge >= 0.3 is 0 Å². The maximum Gasteiger partial charge on any atom is 0.254 e. The number of benzene rings is 1. The Bertz CT molecular complexity index is 1370. The van der Waals surface area contributed by atoms with Crippen LogP contribution in [-0.2, 0) is 21.7 Å². The zero-order chi connectivity index (χ0) is 24.5. The van der Waals surface area contributed by atoms with Gasteiger partial charge in [-0.05, 0) is 49.0 Å². The SMILES string of the molecule is CN1C(=O)[C@]2(c3cc(F)ccc31)N(C)C[C@H](c1cccnc1)[C@@]21SC(=S)N(Cc2ccco2)C1=O. The molecule has 3 aliphatic heterocycles. The van der Waals surface area contributed by atoms with Crippen molar-refractivity contribution in [1.82, 2.24) is 14.8 Å². The molecule has 35 heavy (non-hydrogen) atoms. The van der Waals surface area contributed by atoms with Gasteiger partial charge < -0.3 is 9.32 Å². The molecule has 0 unspecified atom stereocenters. The second-order valence-electron chi connectivity index (χ2n) is 9.03. The summed E-state index contributed by atoms with van der Waals surface area (Å²) in [7, 11) is 3.48. The zero-order valence-corrected chi connectivity index (χ0v) is 20.6. The van der Waals surface area contributed by atoms with Crippen LogP contribution in [0.15, 0.2) is 65.5 Å². The number of likely N-dealkylation sites (N-methyl/N-ethyl adjacent to an activating group) is 2. The molecule has 178 valence electrons. The molecule has 0 bridgehead atoms. The molecule has 3 atom stereocenters. The molecule has 6 rings (SSSR count). The molecule has 2 amide bonds. The van der Waals surface area contributed by atoms with Crippen molar-refractivity contribution in [1.29, 1.82) is 0 Å². The Kier molecular flexibility index (Phi) is 4.93. The number of aromatic nitrogens is 1. The summed E-state index contributed by atoms with van der Waals surface area (Å²) in [4.78, 5) is 38.0. The number of likely N-dealkylation sites (tertiary alicyclic amines) is 1. The van der Waals surface area contributed by atoms with Crippen molar-refractivity contribution in [3.8, 4) is 0 Å². The minimum absolute atomic E-state index is 0.152. The number of amides is 2. The van der Waals surface area contributed by atoms with Crippen molar-refractivity contribution in [3.63, 3.8) is 0 Å². The van der Waals surface area contributed by atoms with Gasteiger partial charge in [-0.3, -0.25) is 24.4 Å². The van der Waals surface area contributed by atoms with Gasteiger partial charge in [0.05, 0.1) is 12.8 Å². The predicted molar refractivity (Wildman–Crippen MR) is 133 cm³/mol. The van der Waals surface area contributed by atoms with E-state index in [1.807, 2.05) is 24.1 Å². The average Bonchev–Trinajstić information content (AvgIpc) is 3.57. The van der Waals surface area contributed by atoms with E-state index in [2.05, 4.69) is 4.98 Å². The van der Waals surface area contributed by atoms with Crippen molar-refractivity contribution in [2.24, 2.45) is 0 Å². The number of furan rings is 1. The monoisotopic (exact) mass is 508 g/mol. The number of halogens is 1. The summed E-state index contributed by atoms with van der Waals surface area (Å²) < 4.78 is 19.2. The highest BCUT2D eigenvalue weighted by Gasteiger charge is 2.78. The minimum Gasteiger partial charge on any atom is -0.467 e. The third-order valence-electron chi connectivity index (χ3n) is 7.39. The topological polar surface area (TPSA) is 69.9 Å². The molecule has 5 heterocycles. The third-order valence-corrected chi connectivity index (χ3v) is 9.34. The van der Waals surface area contributed by atoms with E-state index in [1.54, 1.807) is 43.9 Å². The van der Waals surface area contributed by atoms with Crippen LogP contribution in [0.3, 0.4) is 0 Å². The van der Waals surface area contributed by atoms with E-state index in [-0.39, 0.29) is 18.4 Å². The quantitative estimate of drug-likeness (QED) is 0.502. The first-order valence-electron chi connectivity index (χ1n) is 11.1. The van der Waals surface area contributed by atoms with E-state index in [4.69, 9.17) is 16.6 Å². The van der Waals surface area contributed by atoms with Gasteiger partial charge in [0.15, 0.2) is 5.54 Å². The summed E-state index contributed by atoms with van der Waals surface area (Å²) in [6.07, 6.45) is 4.93. The van der Waals surface area contributed by atoms with E-state index in [0.29, 0.717) is 27.9 Å². The van der Waals surface area contributed by atoms with Crippen LogP contribution in [-0.4, -0.2) is 56.3 Å². The molecule has 0 radical (unpaired) electrons. The normalized spacial score (nSPS) is 28.2. The van der Waals surface area contributed by atoms with Crippen LogP contribution in [0, 0.1) is 5.82 Å². The highest BCUT2D eigenvalue weighted by molar-refractivity contribution is 8.25. The summed E-state index contributed by atoms with van der Waals surface area (Å²) in [6.45, 7) is 0.538. The Morgan fingerprint density at radius 2 is 2.03 bits per heavy atom. The summed E-state index contributed by atoms with van der Waals surface area (Å²) in [5.41, 5.74) is 0.421. The van der Waals surface area contributed by atoms with Gasteiger partial charge in [-0.25, -0.2) is 4.39 Å². The van der Waals surface area contributed by atoms with Crippen LogP contribution in [0.25, 0.3) is 0 Å². The number of thioether (sulfide) groups is 1. The van der Waals surface area contributed by atoms with E-state index in [0.717, 1.165) is 5.56 Å². The summed E-state index contributed by atoms with van der Waals surface area (Å²) in [5.74, 6) is -0.885. The van der Waals surface area contributed by atoms with Crippen molar-refractivity contribution >= 4 is 45.8 Å². The van der Waals surface area contributed by atoms with Gasteiger partial charge in [-0.15, -0.1) is 0 Å². The van der Waals surface area contributed by atoms with Crippen LogP contribution < -0.4 is 4.90 Å². The Labute approximate surface area is 210 Å². The lowest BCUT2D eigenvalue weighted by molar-refractivity contribution is -0.139. The molecular weight excluding hydrogens is 487 g/mol. The molecule has 7 nitrogen and oxygen atoms in total. The van der Waals surface area contributed by atoms with Crippen LogP contribution in [0.1, 0.15) is 22.8 Å². The first-order chi connectivity index (χ1) is 16.8. The van der Waals surface area contributed by atoms with Crippen molar-refractivity contribution in [2.75, 3.05) is 25.5 Å². The van der Waals surface area contributed by atoms with Crippen LogP contribution in [0.2, 0.25) is 0 Å². The van der Waals surface area contributed by atoms with Crippen LogP contribution >= 0.6 is 24.0 Å². The molecule has 0 saturated carbocycles. The van der Waals surface area contributed by atoms with E-state index < -0.39 is 22.0 Å². The maximum atomic E-state index is 14.7. The Morgan fingerprint density at radius 3 is 2.74 bits per heavy atom. The number of fused-ring (bicyclic) bond motifs is 3. The number of thiocarbonyl (C=S) groups is 1. The zero-order valence-electron chi connectivity index (χ0n) is 19.0. The summed E-state index contributed by atoms with van der Waals surface area (Å²) >= 11 is 6.96. The lowest BCUT2D eigenvalue weighted by atomic mass is 9.72. The lowest BCUT2D eigenvalue weighted by Crippen LogP contribution is -2.62. The predicted octanol–water partition coefficient (Wildman–Crippen LogP) is 3.51. The van der Waals surface area contributed by atoms with Crippen LogP contribution in [0.5, 0.6) is 0 Å². The first-order valence-corrected chi connectivity index (χ1v) is 12.3. The van der Waals surface area contributed by atoms with Crippen LogP contribution in [0.4, 0.5) is 10.1 Å². The molecular formula is C25H21FN4O3S2. The molecule has 2 aromatic heterocycles. The van der Waals surface area contributed by atoms with Crippen molar-refractivity contribution in [2.45, 2.75) is 22.7 Å². The maximum absolute atomic E-state index is 14.7. The molecule has 2 saturated heterocycles. The van der Waals surface area contributed by atoms with E-state index >= 15 is 0 Å². The highest BCUT2D eigenvalue weighted by Crippen LogP contribution is 2.66. The lowest BCUT2D eigenvalue weighted by Gasteiger charge is -2.42. The third kappa shape index (κ3) is 2.75. The fourth-order valence-electron chi connectivity index (χ4n) is 5.95.